The van der Waals surface area contributed by atoms with Crippen molar-refractivity contribution in [2.24, 2.45) is 0 Å². The van der Waals surface area contributed by atoms with Gasteiger partial charge in [-0.25, -0.2) is 0 Å². The molecule has 0 spiro atoms. The van der Waals surface area contributed by atoms with E-state index in [-0.39, 0.29) is 30.4 Å². The quantitative estimate of drug-likeness (QED) is 0.814. The van der Waals surface area contributed by atoms with Crippen LogP contribution < -0.4 is 10.7 Å². The molecular formula is C18H19N3O6. The fourth-order valence-electron chi connectivity index (χ4n) is 3.48. The highest BCUT2D eigenvalue weighted by Crippen LogP contribution is 2.29. The number of aromatic hydroxyl groups is 1. The number of aromatic nitrogens is 1. The average Bonchev–Trinajstić information content (AvgIpc) is 3.21. The Morgan fingerprint density at radius 2 is 2.15 bits per heavy atom. The van der Waals surface area contributed by atoms with Gasteiger partial charge in [0.05, 0.1) is 25.7 Å². The summed E-state index contributed by atoms with van der Waals surface area (Å²) in [7, 11) is 0. The van der Waals surface area contributed by atoms with Gasteiger partial charge in [-0.3, -0.25) is 14.4 Å². The second kappa shape index (κ2) is 6.27. The number of nitrogens with one attached hydrogen (secondary N) is 1. The minimum atomic E-state index is -0.881. The summed E-state index contributed by atoms with van der Waals surface area (Å²) in [6, 6.07) is 3.34. The van der Waals surface area contributed by atoms with Crippen LogP contribution >= 0.6 is 0 Å². The molecule has 9 nitrogen and oxygen atoms in total. The molecule has 2 aromatic heterocycles. The van der Waals surface area contributed by atoms with Crippen molar-refractivity contribution >= 4 is 11.8 Å². The number of pyridine rings is 1. The topological polar surface area (TPSA) is 114 Å². The van der Waals surface area contributed by atoms with Crippen molar-refractivity contribution < 1.29 is 23.8 Å². The first-order valence-corrected chi connectivity index (χ1v) is 8.61. The zero-order valence-electron chi connectivity index (χ0n) is 14.9. The van der Waals surface area contributed by atoms with Crippen LogP contribution in [0.2, 0.25) is 0 Å². The van der Waals surface area contributed by atoms with E-state index in [2.05, 4.69) is 5.32 Å². The van der Waals surface area contributed by atoms with E-state index in [0.717, 1.165) is 0 Å². The number of carbonyl (C=O) groups is 2. The lowest BCUT2D eigenvalue weighted by Crippen LogP contribution is -2.49. The molecule has 1 fully saturated rings. The number of hydrogen-bond acceptors (Lipinski definition) is 6. The van der Waals surface area contributed by atoms with Gasteiger partial charge in [0.25, 0.3) is 11.8 Å². The highest BCUT2D eigenvalue weighted by atomic mass is 16.5. The van der Waals surface area contributed by atoms with Crippen LogP contribution in [-0.2, 0) is 17.8 Å². The number of aryl methyl sites for hydroxylation is 1. The van der Waals surface area contributed by atoms with Crippen LogP contribution in [0.15, 0.2) is 27.5 Å². The normalized spacial score (nSPS) is 21.1. The fourth-order valence-corrected chi connectivity index (χ4v) is 3.48. The Morgan fingerprint density at radius 3 is 2.85 bits per heavy atom. The Morgan fingerprint density at radius 1 is 1.37 bits per heavy atom. The molecule has 4 rings (SSSR count). The average molecular weight is 373 g/mol. The molecule has 2 atom stereocenters. The molecule has 2 aliphatic heterocycles. The summed E-state index contributed by atoms with van der Waals surface area (Å²) >= 11 is 0. The molecule has 0 aromatic carbocycles. The number of carbonyl (C=O) groups excluding carboxylic acids is 2. The number of amides is 2. The van der Waals surface area contributed by atoms with E-state index >= 15 is 0 Å². The molecule has 2 amide bonds. The molecule has 4 heterocycles. The van der Waals surface area contributed by atoms with Crippen LogP contribution in [0.5, 0.6) is 5.75 Å². The molecule has 0 saturated carbocycles. The van der Waals surface area contributed by atoms with E-state index in [1.807, 2.05) is 6.92 Å². The number of fused-ring (bicyclic) bond motifs is 2. The smallest absolute Gasteiger partial charge is 0.276 e. The van der Waals surface area contributed by atoms with E-state index in [1.54, 1.807) is 19.1 Å². The maximum Gasteiger partial charge on any atom is 0.276 e. The summed E-state index contributed by atoms with van der Waals surface area (Å²) in [4.78, 5) is 39.1. The Kier molecular flexibility index (Phi) is 4.03. The molecule has 0 radical (unpaired) electrons. The second-order valence-corrected chi connectivity index (χ2v) is 6.77. The maximum absolute atomic E-state index is 12.7. The predicted octanol–water partition coefficient (Wildman–Crippen LogP) is 0.586. The molecule has 0 aliphatic carbocycles. The van der Waals surface area contributed by atoms with Gasteiger partial charge in [0.2, 0.25) is 5.43 Å². The Labute approximate surface area is 154 Å². The maximum atomic E-state index is 12.7. The van der Waals surface area contributed by atoms with Crippen LogP contribution in [0.3, 0.4) is 0 Å². The third-order valence-corrected chi connectivity index (χ3v) is 4.82. The van der Waals surface area contributed by atoms with Crippen LogP contribution in [0.1, 0.15) is 39.3 Å². The third-order valence-electron chi connectivity index (χ3n) is 4.82. The largest absolute Gasteiger partial charge is 0.503 e. The zero-order chi connectivity index (χ0) is 19.3. The molecule has 142 valence electrons. The van der Waals surface area contributed by atoms with Crippen molar-refractivity contribution in [3.05, 3.63) is 51.3 Å². The van der Waals surface area contributed by atoms with E-state index in [9.17, 15) is 19.5 Å². The van der Waals surface area contributed by atoms with Gasteiger partial charge in [0.15, 0.2) is 17.7 Å². The van der Waals surface area contributed by atoms with Gasteiger partial charge in [-0.15, -0.1) is 0 Å². The summed E-state index contributed by atoms with van der Waals surface area (Å²) in [5, 5.41) is 12.9. The molecule has 0 unspecified atom stereocenters. The fraction of sp³-hybridized carbons (Fsp3) is 0.389. The molecular weight excluding hydrogens is 354 g/mol. The van der Waals surface area contributed by atoms with Crippen molar-refractivity contribution in [2.45, 2.75) is 39.2 Å². The molecule has 2 aromatic rings. The predicted molar refractivity (Wildman–Crippen MR) is 92.4 cm³/mol. The first kappa shape index (κ1) is 17.3. The number of hydrogen-bond donors (Lipinski definition) is 2. The second-order valence-electron chi connectivity index (χ2n) is 6.77. The van der Waals surface area contributed by atoms with Crippen LogP contribution in [0.25, 0.3) is 0 Å². The Hall–Kier alpha value is -3.07. The van der Waals surface area contributed by atoms with Gasteiger partial charge in [0.1, 0.15) is 17.1 Å². The summed E-state index contributed by atoms with van der Waals surface area (Å²) < 4.78 is 12.4. The minimum absolute atomic E-state index is 0.102. The van der Waals surface area contributed by atoms with Crippen molar-refractivity contribution in [3.8, 4) is 5.75 Å². The molecule has 27 heavy (non-hydrogen) atoms. The molecule has 0 bridgehead atoms. The van der Waals surface area contributed by atoms with Gasteiger partial charge in [0, 0.05) is 6.20 Å². The summed E-state index contributed by atoms with van der Waals surface area (Å²) in [6.45, 7) is 4.33. The molecule has 2 N–H and O–H groups in total. The SMILES string of the molecule is Cc1ccc(CNC(=O)c2cn3c(c(O)c2=O)C(=O)N2[C@@H](C)CO[C@@H]2C3)o1. The van der Waals surface area contributed by atoms with Gasteiger partial charge in [-0.2, -0.15) is 0 Å². The van der Waals surface area contributed by atoms with Crippen LogP contribution in [-0.4, -0.2) is 45.3 Å². The Bertz CT molecular complexity index is 991. The number of furan rings is 1. The van der Waals surface area contributed by atoms with E-state index in [0.29, 0.717) is 18.1 Å². The van der Waals surface area contributed by atoms with Gasteiger partial charge in [-0.1, -0.05) is 0 Å². The highest BCUT2D eigenvalue weighted by Gasteiger charge is 2.42. The summed E-state index contributed by atoms with van der Waals surface area (Å²) in [5.74, 6) is -0.611. The lowest BCUT2D eigenvalue weighted by molar-refractivity contribution is 0.00624. The number of nitrogens with zero attached hydrogens (tertiary/aromatic N) is 2. The molecule has 9 heteroatoms. The summed E-state index contributed by atoms with van der Waals surface area (Å²) in [6.07, 6.45) is 0.811. The van der Waals surface area contributed by atoms with E-state index < -0.39 is 29.2 Å². The minimum Gasteiger partial charge on any atom is -0.503 e. The van der Waals surface area contributed by atoms with Crippen LogP contribution in [0, 0.1) is 6.92 Å². The first-order chi connectivity index (χ1) is 12.9. The standard InChI is InChI=1S/C18H19N3O6/c1-9-8-26-13-7-20-6-12(15(22)16(23)14(20)18(25)21(9)13)17(24)19-5-11-4-3-10(2)27-11/h3-4,6,9,13,23H,5,7-8H2,1-2H3,(H,19,24)/t9-,13+/m0/s1. The van der Waals surface area contributed by atoms with Crippen molar-refractivity contribution in [1.82, 2.24) is 14.8 Å². The summed E-state index contributed by atoms with van der Waals surface area (Å²) in [5.41, 5.74) is -1.24. The highest BCUT2D eigenvalue weighted by molar-refractivity contribution is 5.99. The molecule has 2 aliphatic rings. The zero-order valence-corrected chi connectivity index (χ0v) is 14.9. The monoisotopic (exact) mass is 373 g/mol. The van der Waals surface area contributed by atoms with Crippen LogP contribution in [0.4, 0.5) is 0 Å². The van der Waals surface area contributed by atoms with Gasteiger partial charge < -0.3 is 29.0 Å². The van der Waals surface area contributed by atoms with Gasteiger partial charge in [-0.05, 0) is 26.0 Å². The van der Waals surface area contributed by atoms with Gasteiger partial charge >= 0.3 is 0 Å². The van der Waals surface area contributed by atoms with Crippen molar-refractivity contribution in [2.75, 3.05) is 6.61 Å². The first-order valence-electron chi connectivity index (χ1n) is 8.61. The van der Waals surface area contributed by atoms with Crippen molar-refractivity contribution in [1.29, 1.82) is 0 Å². The number of rotatable bonds is 3. The number of ether oxygens (including phenoxy) is 1. The lowest BCUT2D eigenvalue weighted by Gasteiger charge is -2.33. The Balaban J connectivity index is 1.64. The third kappa shape index (κ3) is 2.80. The van der Waals surface area contributed by atoms with Crippen molar-refractivity contribution in [3.63, 3.8) is 0 Å². The van der Waals surface area contributed by atoms with E-state index in [1.165, 1.54) is 15.7 Å². The molecule has 1 saturated heterocycles. The van der Waals surface area contributed by atoms with E-state index in [4.69, 9.17) is 9.15 Å². The lowest BCUT2D eigenvalue weighted by atomic mass is 10.1.